The van der Waals surface area contributed by atoms with Crippen molar-refractivity contribution in [3.63, 3.8) is 0 Å². The minimum absolute atomic E-state index is 0.00534. The highest BCUT2D eigenvalue weighted by molar-refractivity contribution is 7.91. The van der Waals surface area contributed by atoms with Gasteiger partial charge in [-0.15, -0.1) is 0 Å². The normalized spacial score (nSPS) is 10.6. The Labute approximate surface area is 108 Å². The molecule has 0 radical (unpaired) electrons. The molecule has 1 heterocycles. The van der Waals surface area contributed by atoms with Crippen molar-refractivity contribution in [1.82, 2.24) is 9.71 Å². The van der Waals surface area contributed by atoms with Crippen LogP contribution in [0.5, 0.6) is 0 Å². The monoisotopic (exact) mass is 289 g/mol. The number of aromatic nitrogens is 1. The van der Waals surface area contributed by atoms with E-state index >= 15 is 0 Å². The Balaban J connectivity index is 2.90. The predicted molar refractivity (Wildman–Crippen MR) is 63.9 cm³/mol. The first-order chi connectivity index (χ1) is 8.85. The van der Waals surface area contributed by atoms with Crippen LogP contribution in [0.3, 0.4) is 0 Å². The summed E-state index contributed by atoms with van der Waals surface area (Å²) in [6.45, 7) is 1.50. The maximum atomic E-state index is 11.5. The van der Waals surface area contributed by atoms with E-state index in [0.717, 1.165) is 12.3 Å². The Morgan fingerprint density at radius 2 is 2.16 bits per heavy atom. The molecule has 0 aromatic carbocycles. The number of hydrogen-bond acceptors (Lipinski definition) is 6. The van der Waals surface area contributed by atoms with Crippen LogP contribution < -0.4 is 9.44 Å². The van der Waals surface area contributed by atoms with E-state index in [9.17, 15) is 18.0 Å². The zero-order valence-electron chi connectivity index (χ0n) is 9.78. The van der Waals surface area contributed by atoms with Crippen molar-refractivity contribution in [2.45, 2.75) is 6.92 Å². The second kappa shape index (κ2) is 6.00. The van der Waals surface area contributed by atoms with E-state index in [1.54, 1.807) is 4.72 Å². The molecule has 104 valence electrons. The number of carbonyl (C=O) groups is 2. The molecule has 19 heavy (non-hydrogen) atoms. The molecule has 0 aliphatic rings. The van der Waals surface area contributed by atoms with Crippen LogP contribution in [0.25, 0.3) is 0 Å². The van der Waals surface area contributed by atoms with Gasteiger partial charge in [0.25, 0.3) is 0 Å². The molecule has 1 rings (SSSR count). The number of ether oxygens (including phenoxy) is 1. The van der Waals surface area contributed by atoms with E-state index in [0.29, 0.717) is 0 Å². The first kappa shape index (κ1) is 14.7. The third-order valence-electron chi connectivity index (χ3n) is 1.79. The quantitative estimate of drug-likeness (QED) is 0.703. The lowest BCUT2D eigenvalue weighted by molar-refractivity contribution is 0.0698. The van der Waals surface area contributed by atoms with Crippen LogP contribution in [0, 0.1) is 0 Å². The molecule has 0 aliphatic heterocycles. The summed E-state index contributed by atoms with van der Waals surface area (Å²) in [5.41, 5.74) is -0.573. The van der Waals surface area contributed by atoms with Crippen molar-refractivity contribution in [3.05, 3.63) is 24.0 Å². The summed E-state index contributed by atoms with van der Waals surface area (Å²) >= 11 is 0. The molecule has 0 unspecified atom stereocenters. The van der Waals surface area contributed by atoms with Gasteiger partial charge in [0.1, 0.15) is 0 Å². The second-order valence-electron chi connectivity index (χ2n) is 3.15. The summed E-state index contributed by atoms with van der Waals surface area (Å²) in [5.74, 6) is -1.34. The zero-order chi connectivity index (χ0) is 14.5. The first-order valence-corrected chi connectivity index (χ1v) is 6.48. The molecule has 1 amide bonds. The molecular formula is C9H11N3O6S. The van der Waals surface area contributed by atoms with Gasteiger partial charge in [0, 0.05) is 6.20 Å². The van der Waals surface area contributed by atoms with Crippen LogP contribution in [0.1, 0.15) is 17.3 Å². The fraction of sp³-hybridized carbons (Fsp3) is 0.222. The molecule has 1 aromatic rings. The van der Waals surface area contributed by atoms with Crippen molar-refractivity contribution in [1.29, 1.82) is 0 Å². The van der Waals surface area contributed by atoms with Gasteiger partial charge in [-0.1, -0.05) is 0 Å². The SMILES string of the molecule is CCOC(=O)NS(=O)(=O)Nc1cnccc1C(=O)O. The number of rotatable bonds is 5. The summed E-state index contributed by atoms with van der Waals surface area (Å²) in [4.78, 5) is 25.4. The van der Waals surface area contributed by atoms with E-state index in [-0.39, 0.29) is 17.9 Å². The van der Waals surface area contributed by atoms with Crippen molar-refractivity contribution >= 4 is 28.0 Å². The lowest BCUT2D eigenvalue weighted by Crippen LogP contribution is -2.36. The van der Waals surface area contributed by atoms with E-state index in [1.165, 1.54) is 13.1 Å². The summed E-state index contributed by atoms with van der Waals surface area (Å²) in [5, 5.41) is 8.85. The third kappa shape index (κ3) is 4.43. The highest BCUT2D eigenvalue weighted by Gasteiger charge is 2.18. The molecule has 0 saturated carbocycles. The van der Waals surface area contributed by atoms with Gasteiger partial charge in [-0.3, -0.25) is 9.71 Å². The average Bonchev–Trinajstić information content (AvgIpc) is 2.28. The number of amides is 1. The summed E-state index contributed by atoms with van der Waals surface area (Å²) in [6, 6.07) is 1.12. The van der Waals surface area contributed by atoms with Gasteiger partial charge in [0.15, 0.2) is 0 Å². The molecular weight excluding hydrogens is 278 g/mol. The van der Waals surface area contributed by atoms with Crippen molar-refractivity contribution in [3.8, 4) is 0 Å². The Hall–Kier alpha value is -2.36. The average molecular weight is 289 g/mol. The smallest absolute Gasteiger partial charge is 0.422 e. The van der Waals surface area contributed by atoms with Gasteiger partial charge in [0.05, 0.1) is 24.1 Å². The van der Waals surface area contributed by atoms with Crippen LogP contribution in [0.2, 0.25) is 0 Å². The topological polar surface area (TPSA) is 135 Å². The van der Waals surface area contributed by atoms with E-state index in [2.05, 4.69) is 9.72 Å². The number of carboxylic acids is 1. The number of nitrogens with zero attached hydrogens (tertiary/aromatic N) is 1. The summed E-state index contributed by atoms with van der Waals surface area (Å²) < 4.78 is 30.8. The zero-order valence-corrected chi connectivity index (χ0v) is 10.6. The molecule has 0 spiro atoms. The van der Waals surface area contributed by atoms with Crippen LogP contribution in [0.4, 0.5) is 10.5 Å². The Bertz CT molecular complexity index is 585. The molecule has 10 heteroatoms. The third-order valence-corrected chi connectivity index (χ3v) is 2.71. The van der Waals surface area contributed by atoms with Gasteiger partial charge >= 0.3 is 22.3 Å². The molecule has 0 aliphatic carbocycles. The maximum Gasteiger partial charge on any atom is 0.422 e. The largest absolute Gasteiger partial charge is 0.478 e. The lowest BCUT2D eigenvalue weighted by atomic mass is 10.2. The van der Waals surface area contributed by atoms with Crippen molar-refractivity contribution in [2.75, 3.05) is 11.3 Å². The highest BCUT2D eigenvalue weighted by Crippen LogP contribution is 2.14. The number of hydrogen-bond donors (Lipinski definition) is 3. The van der Waals surface area contributed by atoms with Crippen molar-refractivity contribution < 1.29 is 27.9 Å². The second-order valence-corrected chi connectivity index (χ2v) is 4.57. The number of nitrogens with one attached hydrogen (secondary N) is 2. The Kier molecular flexibility index (Phi) is 4.64. The fourth-order valence-electron chi connectivity index (χ4n) is 1.10. The minimum Gasteiger partial charge on any atom is -0.478 e. The number of anilines is 1. The maximum absolute atomic E-state index is 11.5. The van der Waals surface area contributed by atoms with Crippen LogP contribution >= 0.6 is 0 Å². The lowest BCUT2D eigenvalue weighted by Gasteiger charge is -2.10. The first-order valence-electron chi connectivity index (χ1n) is 5.00. The molecule has 9 nitrogen and oxygen atoms in total. The molecule has 0 atom stereocenters. The van der Waals surface area contributed by atoms with Crippen LogP contribution in [0.15, 0.2) is 18.5 Å². The van der Waals surface area contributed by atoms with Gasteiger partial charge in [0.2, 0.25) is 0 Å². The number of pyridine rings is 1. The summed E-state index contributed by atoms with van der Waals surface area (Å²) in [7, 11) is -4.29. The highest BCUT2D eigenvalue weighted by atomic mass is 32.2. The molecule has 0 fully saturated rings. The Morgan fingerprint density at radius 3 is 2.74 bits per heavy atom. The molecule has 3 N–H and O–H groups in total. The number of carboxylic acid groups (broad SMARTS) is 1. The minimum atomic E-state index is -4.29. The molecule has 1 aromatic heterocycles. The Morgan fingerprint density at radius 1 is 1.47 bits per heavy atom. The van der Waals surface area contributed by atoms with Crippen LogP contribution in [-0.4, -0.2) is 37.2 Å². The van der Waals surface area contributed by atoms with Gasteiger partial charge in [-0.25, -0.2) is 14.3 Å². The van der Waals surface area contributed by atoms with Crippen LogP contribution in [-0.2, 0) is 14.9 Å². The van der Waals surface area contributed by atoms with E-state index < -0.39 is 22.3 Å². The van der Waals surface area contributed by atoms with Gasteiger partial charge in [-0.2, -0.15) is 8.42 Å². The van der Waals surface area contributed by atoms with Gasteiger partial charge < -0.3 is 9.84 Å². The number of aromatic carboxylic acids is 1. The fourth-order valence-corrected chi connectivity index (χ4v) is 1.88. The molecule has 0 saturated heterocycles. The predicted octanol–water partition coefficient (Wildman–Crippen LogP) is 0.183. The number of carbonyl (C=O) groups excluding carboxylic acids is 1. The van der Waals surface area contributed by atoms with Crippen molar-refractivity contribution in [2.24, 2.45) is 0 Å². The molecule has 0 bridgehead atoms. The summed E-state index contributed by atoms with van der Waals surface area (Å²) in [6.07, 6.45) is 1.03. The van der Waals surface area contributed by atoms with E-state index in [1.807, 2.05) is 4.72 Å². The van der Waals surface area contributed by atoms with E-state index in [4.69, 9.17) is 5.11 Å². The standard InChI is InChI=1S/C9H11N3O6S/c1-2-18-9(15)12-19(16,17)11-7-5-10-4-3-6(7)8(13)14/h3-5,11H,2H2,1H3,(H,12,15)(H,13,14). The van der Waals surface area contributed by atoms with Gasteiger partial charge in [-0.05, 0) is 13.0 Å².